The molecule has 2 aromatic carbocycles. The van der Waals surface area contributed by atoms with Gasteiger partial charge in [0.05, 0.1) is 17.3 Å². The minimum Gasteiger partial charge on any atom is -0.374 e. The lowest BCUT2D eigenvalue weighted by atomic mass is 9.82. The van der Waals surface area contributed by atoms with E-state index in [4.69, 9.17) is 0 Å². The Hall–Kier alpha value is -3.40. The Morgan fingerprint density at radius 1 is 1.20 bits per heavy atom. The van der Waals surface area contributed by atoms with Crippen molar-refractivity contribution in [2.45, 2.75) is 45.5 Å². The molecule has 2 atom stereocenters. The molecular weight excluding hydrogens is 464 g/mol. The fourth-order valence-corrected chi connectivity index (χ4v) is 4.51. The van der Waals surface area contributed by atoms with Gasteiger partial charge in [-0.3, -0.25) is 4.79 Å². The molecule has 1 amide bonds. The summed E-state index contributed by atoms with van der Waals surface area (Å²) in [6, 6.07) is 8.67. The zero-order valence-electron chi connectivity index (χ0n) is 19.5. The Morgan fingerprint density at radius 3 is 2.51 bits per heavy atom. The number of aliphatic hydroxyl groups excluding tert-OH is 1. The number of amides is 1. The number of fused-ring (bicyclic) bond motifs is 1. The molecule has 1 aromatic heterocycles. The van der Waals surface area contributed by atoms with Crippen LogP contribution in [0.1, 0.15) is 44.2 Å². The Balaban J connectivity index is 1.74. The maximum atomic E-state index is 13.8. The summed E-state index contributed by atoms with van der Waals surface area (Å²) in [4.78, 5) is 16.4. The van der Waals surface area contributed by atoms with Gasteiger partial charge in [-0.1, -0.05) is 26.0 Å². The molecule has 0 fully saturated rings. The standard InChI is InChI=1S/C25H26F4N4O2/c1-14(2)13-32-15(3)23(24(35)31-33-21-10-19(26)9-6-17(21)12-30-33)20(11-22(32)34)16-4-7-18(8-5-16)25(27,28)29/h4-10,12,14,20,22,34H,11,13H2,1-3H3,(H,31,35). The molecule has 186 valence electrons. The van der Waals surface area contributed by atoms with E-state index in [0.717, 1.165) is 12.1 Å². The van der Waals surface area contributed by atoms with Crippen LogP contribution in [0.15, 0.2) is 59.9 Å². The first-order valence-corrected chi connectivity index (χ1v) is 11.2. The topological polar surface area (TPSA) is 70.4 Å². The minimum atomic E-state index is -4.49. The number of hydrogen-bond donors (Lipinski definition) is 2. The van der Waals surface area contributed by atoms with Crippen LogP contribution in [0.5, 0.6) is 0 Å². The first-order chi connectivity index (χ1) is 16.5. The van der Waals surface area contributed by atoms with Crippen LogP contribution in [0.25, 0.3) is 10.9 Å². The van der Waals surface area contributed by atoms with E-state index >= 15 is 0 Å². The number of carbonyl (C=O) groups is 1. The van der Waals surface area contributed by atoms with Crippen molar-refractivity contribution in [2.24, 2.45) is 5.92 Å². The van der Waals surface area contributed by atoms with E-state index in [2.05, 4.69) is 10.5 Å². The lowest BCUT2D eigenvalue weighted by Gasteiger charge is -2.41. The van der Waals surface area contributed by atoms with Crippen LogP contribution in [0.4, 0.5) is 17.6 Å². The zero-order valence-corrected chi connectivity index (χ0v) is 19.5. The third kappa shape index (κ3) is 5.02. The van der Waals surface area contributed by atoms with E-state index in [1.165, 1.54) is 41.3 Å². The van der Waals surface area contributed by atoms with Crippen molar-refractivity contribution in [2.75, 3.05) is 12.0 Å². The van der Waals surface area contributed by atoms with Gasteiger partial charge in [-0.05, 0) is 42.7 Å². The summed E-state index contributed by atoms with van der Waals surface area (Å²) in [5.41, 5.74) is 3.53. The van der Waals surface area contributed by atoms with E-state index in [-0.39, 0.29) is 12.3 Å². The molecule has 1 aliphatic heterocycles. The summed E-state index contributed by atoms with van der Waals surface area (Å²) >= 11 is 0. The number of hydrogen-bond acceptors (Lipinski definition) is 4. The number of rotatable bonds is 5. The number of nitrogens with zero attached hydrogens (tertiary/aromatic N) is 3. The van der Waals surface area contributed by atoms with Gasteiger partial charge in [-0.2, -0.15) is 23.1 Å². The zero-order chi connectivity index (χ0) is 25.5. The Bertz CT molecular complexity index is 1260. The number of aromatic nitrogens is 2. The Kier molecular flexibility index (Phi) is 6.59. The largest absolute Gasteiger partial charge is 0.416 e. The van der Waals surface area contributed by atoms with Crippen LogP contribution < -0.4 is 5.43 Å². The van der Waals surface area contributed by atoms with Gasteiger partial charge in [0.2, 0.25) is 0 Å². The Morgan fingerprint density at radius 2 is 1.89 bits per heavy atom. The van der Waals surface area contributed by atoms with Crippen LogP contribution in [0.3, 0.4) is 0 Å². The summed E-state index contributed by atoms with van der Waals surface area (Å²) < 4.78 is 53.0. The average molecular weight is 491 g/mol. The average Bonchev–Trinajstić information content (AvgIpc) is 3.17. The molecule has 35 heavy (non-hydrogen) atoms. The fourth-order valence-electron chi connectivity index (χ4n) is 4.51. The lowest BCUT2D eigenvalue weighted by molar-refractivity contribution is -0.137. The molecule has 1 aliphatic rings. The third-order valence-corrected chi connectivity index (χ3v) is 6.16. The van der Waals surface area contributed by atoms with Crippen LogP contribution in [-0.2, 0) is 11.0 Å². The minimum absolute atomic E-state index is 0.118. The molecule has 4 rings (SSSR count). The molecule has 2 heterocycles. The molecular formula is C25H26F4N4O2. The first-order valence-electron chi connectivity index (χ1n) is 11.2. The highest BCUT2D eigenvalue weighted by molar-refractivity contribution is 6.02. The molecule has 3 aromatic rings. The van der Waals surface area contributed by atoms with E-state index in [0.29, 0.717) is 34.3 Å². The molecule has 0 saturated carbocycles. The summed E-state index contributed by atoms with van der Waals surface area (Å²) in [5.74, 6) is -1.50. The highest BCUT2D eigenvalue weighted by Crippen LogP contribution is 2.40. The SMILES string of the molecule is CC1=C(C(=O)Nn2ncc3ccc(F)cc32)C(c2ccc(C(F)(F)F)cc2)CC(O)N1CC(C)C. The number of allylic oxidation sites excluding steroid dienone is 1. The fraction of sp³-hybridized carbons (Fsp3) is 0.360. The lowest BCUT2D eigenvalue weighted by Crippen LogP contribution is -2.44. The van der Waals surface area contributed by atoms with Crippen molar-refractivity contribution in [3.63, 3.8) is 0 Å². The number of nitrogens with one attached hydrogen (secondary N) is 1. The van der Waals surface area contributed by atoms with Crippen molar-refractivity contribution in [1.29, 1.82) is 0 Å². The summed E-state index contributed by atoms with van der Waals surface area (Å²) in [6.07, 6.45) is -3.80. The van der Waals surface area contributed by atoms with E-state index in [1.54, 1.807) is 11.8 Å². The van der Waals surface area contributed by atoms with Gasteiger partial charge in [0, 0.05) is 41.6 Å². The molecule has 10 heteroatoms. The first kappa shape index (κ1) is 24.7. The molecule has 0 saturated heterocycles. The van der Waals surface area contributed by atoms with Gasteiger partial charge in [0.25, 0.3) is 5.91 Å². The van der Waals surface area contributed by atoms with Crippen molar-refractivity contribution < 1.29 is 27.5 Å². The quantitative estimate of drug-likeness (QED) is 0.494. The smallest absolute Gasteiger partial charge is 0.374 e. The Labute approximate surface area is 199 Å². The highest BCUT2D eigenvalue weighted by Gasteiger charge is 2.37. The van der Waals surface area contributed by atoms with Gasteiger partial charge < -0.3 is 10.0 Å². The molecule has 0 spiro atoms. The monoisotopic (exact) mass is 490 g/mol. The number of halogens is 4. The van der Waals surface area contributed by atoms with Crippen LogP contribution in [0.2, 0.25) is 0 Å². The van der Waals surface area contributed by atoms with Crippen molar-refractivity contribution >= 4 is 16.8 Å². The molecule has 0 aliphatic carbocycles. The third-order valence-electron chi connectivity index (χ3n) is 6.16. The second kappa shape index (κ2) is 9.33. The number of alkyl halides is 3. The number of aliphatic hydroxyl groups is 1. The van der Waals surface area contributed by atoms with Crippen LogP contribution in [-0.4, -0.2) is 38.6 Å². The van der Waals surface area contributed by atoms with Gasteiger partial charge in [-0.15, -0.1) is 0 Å². The second-order valence-electron chi connectivity index (χ2n) is 9.13. The molecule has 2 N–H and O–H groups in total. The van der Waals surface area contributed by atoms with Gasteiger partial charge >= 0.3 is 6.18 Å². The maximum absolute atomic E-state index is 13.8. The summed E-state index contributed by atoms with van der Waals surface area (Å²) in [5, 5.41) is 15.6. The maximum Gasteiger partial charge on any atom is 0.416 e. The van der Waals surface area contributed by atoms with Crippen LogP contribution in [0, 0.1) is 11.7 Å². The molecule has 0 radical (unpaired) electrons. The van der Waals surface area contributed by atoms with Gasteiger partial charge in [-0.25, -0.2) is 9.82 Å². The van der Waals surface area contributed by atoms with Crippen molar-refractivity contribution in [1.82, 2.24) is 14.8 Å². The second-order valence-corrected chi connectivity index (χ2v) is 9.13. The van der Waals surface area contributed by atoms with Gasteiger partial charge in [0.15, 0.2) is 0 Å². The van der Waals surface area contributed by atoms with Crippen LogP contribution >= 0.6 is 0 Å². The predicted octanol–water partition coefficient (Wildman–Crippen LogP) is 5.00. The molecule has 6 nitrogen and oxygen atoms in total. The number of carbonyl (C=O) groups excluding carboxylic acids is 1. The number of benzene rings is 2. The van der Waals surface area contributed by atoms with E-state index < -0.39 is 35.6 Å². The van der Waals surface area contributed by atoms with Crippen molar-refractivity contribution in [3.8, 4) is 0 Å². The van der Waals surface area contributed by atoms with E-state index in [9.17, 15) is 27.5 Å². The normalized spacial score (nSPS) is 19.1. The molecule has 0 bridgehead atoms. The highest BCUT2D eigenvalue weighted by atomic mass is 19.4. The predicted molar refractivity (Wildman–Crippen MR) is 123 cm³/mol. The molecule has 2 unspecified atom stereocenters. The van der Waals surface area contributed by atoms with E-state index in [1.807, 2.05) is 13.8 Å². The summed E-state index contributed by atoms with van der Waals surface area (Å²) in [6.45, 7) is 6.15. The summed E-state index contributed by atoms with van der Waals surface area (Å²) in [7, 11) is 0. The van der Waals surface area contributed by atoms with Crippen molar-refractivity contribution in [3.05, 3.63) is 76.9 Å². The van der Waals surface area contributed by atoms with Gasteiger partial charge in [0.1, 0.15) is 12.0 Å².